The minimum Gasteiger partial charge on any atom is -0.448 e. The summed E-state index contributed by atoms with van der Waals surface area (Å²) in [6, 6.07) is 12.7. The number of carbonyl (C=O) groups is 2. The first-order valence-electron chi connectivity index (χ1n) is 9.88. The second-order valence-electron chi connectivity index (χ2n) is 7.25. The van der Waals surface area contributed by atoms with Crippen molar-refractivity contribution < 1.29 is 14.3 Å². The number of thiazole rings is 1. The first-order chi connectivity index (χ1) is 14.6. The maximum Gasteiger partial charge on any atom is 0.411 e. The van der Waals surface area contributed by atoms with Crippen LogP contribution in [0.1, 0.15) is 23.2 Å². The average molecular weight is 444 g/mol. The topological polar surface area (TPSA) is 71.5 Å². The van der Waals surface area contributed by atoms with Crippen molar-refractivity contribution in [1.29, 1.82) is 0 Å². The van der Waals surface area contributed by atoms with Gasteiger partial charge in [-0.25, -0.2) is 9.78 Å². The highest BCUT2D eigenvalue weighted by Gasteiger charge is 2.25. The van der Waals surface area contributed by atoms with E-state index in [9.17, 15) is 9.59 Å². The molecule has 2 aromatic carbocycles. The molecule has 156 valence electrons. The number of hydrogen-bond acceptors (Lipinski definition) is 6. The fourth-order valence-corrected chi connectivity index (χ4v) is 4.50. The number of benzene rings is 2. The molecule has 1 saturated heterocycles. The molecule has 30 heavy (non-hydrogen) atoms. The molecule has 8 heteroatoms. The number of amides is 1. The molecule has 0 spiro atoms. The Morgan fingerprint density at radius 1 is 1.17 bits per heavy atom. The van der Waals surface area contributed by atoms with Gasteiger partial charge in [-0.1, -0.05) is 17.7 Å². The molecule has 0 atom stereocenters. The lowest BCUT2D eigenvalue weighted by molar-refractivity contribution is 0.0813. The van der Waals surface area contributed by atoms with Crippen molar-refractivity contribution in [1.82, 2.24) is 9.88 Å². The fraction of sp³-hybridized carbons (Fsp3) is 0.318. The van der Waals surface area contributed by atoms with Crippen molar-refractivity contribution in [3.8, 4) is 0 Å². The van der Waals surface area contributed by atoms with Crippen molar-refractivity contribution in [3.05, 3.63) is 58.6 Å². The Hall–Kier alpha value is -2.48. The molecule has 0 saturated carbocycles. The molecule has 0 unspecified atom stereocenters. The number of rotatable bonds is 6. The number of fused-ring (bicyclic) bond motifs is 1. The fourth-order valence-electron chi connectivity index (χ4n) is 3.67. The molecule has 0 aliphatic carbocycles. The Morgan fingerprint density at radius 3 is 2.70 bits per heavy atom. The summed E-state index contributed by atoms with van der Waals surface area (Å²) in [7, 11) is 0. The number of hydrogen-bond donors (Lipinski definition) is 1. The number of para-hydroxylation sites is 1. The molecular formula is C22H22ClN3O3S. The highest BCUT2D eigenvalue weighted by atomic mass is 35.5. The molecule has 2 heterocycles. The van der Waals surface area contributed by atoms with Crippen LogP contribution in [0.15, 0.2) is 48.0 Å². The van der Waals surface area contributed by atoms with E-state index >= 15 is 0 Å². The van der Waals surface area contributed by atoms with Gasteiger partial charge in [0.25, 0.3) is 0 Å². The van der Waals surface area contributed by atoms with Crippen LogP contribution in [0.2, 0.25) is 5.02 Å². The maximum absolute atomic E-state index is 12.6. The minimum atomic E-state index is -0.483. The number of ether oxygens (including phenoxy) is 1. The summed E-state index contributed by atoms with van der Waals surface area (Å²) in [6.07, 6.45) is 1.13. The molecule has 3 aromatic rings. The van der Waals surface area contributed by atoms with Crippen molar-refractivity contribution in [2.75, 3.05) is 31.6 Å². The lowest BCUT2D eigenvalue weighted by Crippen LogP contribution is -2.38. The summed E-state index contributed by atoms with van der Waals surface area (Å²) in [5.74, 6) is 0.211. The molecule has 1 amide bonds. The highest BCUT2D eigenvalue weighted by Crippen LogP contribution is 2.25. The van der Waals surface area contributed by atoms with Crippen LogP contribution in [-0.4, -0.2) is 48.0 Å². The van der Waals surface area contributed by atoms with E-state index in [1.807, 2.05) is 18.2 Å². The summed E-state index contributed by atoms with van der Waals surface area (Å²) in [5.41, 5.74) is 3.89. The van der Waals surface area contributed by atoms with Gasteiger partial charge in [-0.3, -0.25) is 15.0 Å². The van der Waals surface area contributed by atoms with Gasteiger partial charge in [-0.15, -0.1) is 11.3 Å². The second kappa shape index (κ2) is 9.55. The van der Waals surface area contributed by atoms with E-state index < -0.39 is 6.09 Å². The van der Waals surface area contributed by atoms with Crippen LogP contribution in [0.5, 0.6) is 0 Å². The van der Waals surface area contributed by atoms with E-state index in [2.05, 4.69) is 15.2 Å². The third-order valence-electron chi connectivity index (χ3n) is 5.32. The molecule has 4 rings (SSSR count). The Morgan fingerprint density at radius 2 is 1.93 bits per heavy atom. The van der Waals surface area contributed by atoms with Gasteiger partial charge in [0.05, 0.1) is 15.9 Å². The second-order valence-corrected chi connectivity index (χ2v) is 8.58. The first kappa shape index (κ1) is 20.8. The van der Waals surface area contributed by atoms with E-state index in [1.165, 1.54) is 11.3 Å². The van der Waals surface area contributed by atoms with Crippen molar-refractivity contribution in [2.24, 2.45) is 5.92 Å². The number of anilines is 1. The zero-order chi connectivity index (χ0) is 20.9. The molecular weight excluding hydrogens is 422 g/mol. The summed E-state index contributed by atoms with van der Waals surface area (Å²) in [4.78, 5) is 31.2. The number of piperidine rings is 1. The van der Waals surface area contributed by atoms with E-state index in [-0.39, 0.29) is 11.7 Å². The van der Waals surface area contributed by atoms with Crippen LogP contribution < -0.4 is 5.32 Å². The first-order valence-corrected chi connectivity index (χ1v) is 11.1. The van der Waals surface area contributed by atoms with Gasteiger partial charge >= 0.3 is 6.09 Å². The summed E-state index contributed by atoms with van der Waals surface area (Å²) in [5, 5.41) is 3.40. The van der Waals surface area contributed by atoms with Crippen LogP contribution in [-0.2, 0) is 4.74 Å². The number of Topliss-reactive ketones (excluding diaryl/α,β-unsaturated/α-hetero) is 1. The number of likely N-dealkylation sites (tertiary alicyclic amines) is 1. The van der Waals surface area contributed by atoms with E-state index in [0.717, 1.165) is 36.1 Å². The minimum absolute atomic E-state index is 0.0326. The van der Waals surface area contributed by atoms with Crippen molar-refractivity contribution in [2.45, 2.75) is 12.8 Å². The molecule has 1 N–H and O–H groups in total. The number of nitrogens with zero attached hydrogens (tertiary/aromatic N) is 2. The third-order valence-corrected chi connectivity index (χ3v) is 6.37. The van der Waals surface area contributed by atoms with Gasteiger partial charge in [0.1, 0.15) is 12.1 Å². The highest BCUT2D eigenvalue weighted by molar-refractivity contribution is 7.16. The van der Waals surface area contributed by atoms with Gasteiger partial charge < -0.3 is 4.74 Å². The average Bonchev–Trinajstić information content (AvgIpc) is 3.24. The number of nitrogens with one attached hydrogen (secondary N) is 1. The van der Waals surface area contributed by atoms with Crippen molar-refractivity contribution in [3.63, 3.8) is 0 Å². The third kappa shape index (κ3) is 4.98. The van der Waals surface area contributed by atoms with Gasteiger partial charge in [-0.2, -0.15) is 0 Å². The normalized spacial score (nSPS) is 15.2. The Bertz CT molecular complexity index is 1030. The standard InChI is InChI=1S/C22H22ClN3O3S/c23-17-6-4-15(5-7-17)21(27)16-8-10-26(11-9-16)12-13-29-22(28)25-18-2-1-3-19-20(18)24-14-30-19/h1-7,14,16H,8-13H2,(H,25,28). The largest absolute Gasteiger partial charge is 0.448 e. The SMILES string of the molecule is O=C(Nc1cccc2scnc12)OCCN1CCC(C(=O)c2ccc(Cl)cc2)CC1. The molecule has 0 radical (unpaired) electrons. The number of carbonyl (C=O) groups excluding carboxylic acids is 2. The number of halogens is 1. The predicted molar refractivity (Wildman–Crippen MR) is 120 cm³/mol. The molecule has 0 bridgehead atoms. The lowest BCUT2D eigenvalue weighted by Gasteiger charge is -2.31. The Kier molecular flexibility index (Phi) is 6.62. The zero-order valence-electron chi connectivity index (χ0n) is 16.3. The van der Waals surface area contributed by atoms with Crippen LogP contribution in [0.25, 0.3) is 10.2 Å². The number of aromatic nitrogens is 1. The molecule has 1 fully saturated rings. The number of ketones is 1. The van der Waals surface area contributed by atoms with Crippen molar-refractivity contribution >= 4 is 50.7 Å². The summed E-state index contributed by atoms with van der Waals surface area (Å²) < 4.78 is 6.35. The smallest absolute Gasteiger partial charge is 0.411 e. The molecule has 1 aliphatic heterocycles. The summed E-state index contributed by atoms with van der Waals surface area (Å²) >= 11 is 7.42. The zero-order valence-corrected chi connectivity index (χ0v) is 17.9. The van der Waals surface area contributed by atoms with E-state index in [0.29, 0.717) is 29.4 Å². The monoisotopic (exact) mass is 443 g/mol. The van der Waals surface area contributed by atoms with Crippen LogP contribution >= 0.6 is 22.9 Å². The van der Waals surface area contributed by atoms with Gasteiger partial charge in [0.15, 0.2) is 5.78 Å². The molecule has 1 aliphatic rings. The van der Waals surface area contributed by atoms with Gasteiger partial charge in [0, 0.05) is 23.0 Å². The molecule has 1 aromatic heterocycles. The summed E-state index contributed by atoms with van der Waals surface area (Å²) in [6.45, 7) is 2.57. The molecule has 6 nitrogen and oxygen atoms in total. The van der Waals surface area contributed by atoms with Crippen LogP contribution in [0, 0.1) is 5.92 Å². The Labute approximate surface area is 183 Å². The van der Waals surface area contributed by atoms with Gasteiger partial charge in [0.2, 0.25) is 0 Å². The van der Waals surface area contributed by atoms with E-state index in [4.69, 9.17) is 16.3 Å². The predicted octanol–water partition coefficient (Wildman–Crippen LogP) is 5.09. The maximum atomic E-state index is 12.6. The lowest BCUT2D eigenvalue weighted by atomic mass is 9.89. The van der Waals surface area contributed by atoms with E-state index in [1.54, 1.807) is 29.8 Å². The quantitative estimate of drug-likeness (QED) is 0.537. The van der Waals surface area contributed by atoms with Gasteiger partial charge in [-0.05, 0) is 62.3 Å². The Balaban J connectivity index is 1.19. The van der Waals surface area contributed by atoms with Crippen LogP contribution in [0.3, 0.4) is 0 Å². The van der Waals surface area contributed by atoms with Crippen LogP contribution in [0.4, 0.5) is 10.5 Å².